The Hall–Kier alpha value is -4.25. The predicted molar refractivity (Wildman–Crippen MR) is 181 cm³/mol. The highest BCUT2D eigenvalue weighted by molar-refractivity contribution is 5.91. The number of ether oxygens (including phenoxy) is 8. The molecule has 1 aliphatic rings. The van der Waals surface area contributed by atoms with E-state index in [1.165, 1.54) is 0 Å². The molecule has 50 heavy (non-hydrogen) atoms. The number of benzene rings is 3. The molecule has 272 valence electrons. The summed E-state index contributed by atoms with van der Waals surface area (Å²) in [6, 6.07) is 16.1. The lowest BCUT2D eigenvalue weighted by atomic mass is 9.89. The van der Waals surface area contributed by atoms with Gasteiger partial charge in [0.15, 0.2) is 0 Å². The van der Waals surface area contributed by atoms with Crippen LogP contribution in [0.25, 0.3) is 10.8 Å². The molecule has 0 amide bonds. The van der Waals surface area contributed by atoms with Crippen molar-refractivity contribution in [2.24, 2.45) is 0 Å². The zero-order valence-corrected chi connectivity index (χ0v) is 28.3. The maximum atomic E-state index is 13.5. The first-order valence-electron chi connectivity index (χ1n) is 16.6. The number of rotatable bonds is 22. The highest BCUT2D eigenvalue weighted by Crippen LogP contribution is 2.33. The van der Waals surface area contributed by atoms with Gasteiger partial charge < -0.3 is 37.9 Å². The van der Waals surface area contributed by atoms with E-state index in [2.05, 4.69) is 0 Å². The second kappa shape index (κ2) is 20.4. The Labute approximate surface area is 289 Å². The van der Waals surface area contributed by atoms with Gasteiger partial charge in [-0.05, 0) is 36.8 Å². The summed E-state index contributed by atoms with van der Waals surface area (Å²) in [6.07, 6.45) is -2.33. The predicted octanol–water partition coefficient (Wildman–Crippen LogP) is 5.30. The monoisotopic (exact) mass is 700 g/mol. The lowest BCUT2D eigenvalue weighted by molar-refractivity contribution is -0.394. The molecule has 4 atom stereocenters. The molecule has 0 aliphatic heterocycles. The normalized spacial score (nSPS) is 18.9. The topological polar surface area (TPSA) is 177 Å². The number of hydrogen-bond acceptors (Lipinski definition) is 13. The second-order valence-electron chi connectivity index (χ2n) is 11.3. The molecule has 0 heterocycles. The van der Waals surface area contributed by atoms with Gasteiger partial charge in [-0.25, -0.2) is 4.79 Å². The number of nitro benzene ring substituents is 2. The van der Waals surface area contributed by atoms with E-state index in [4.69, 9.17) is 37.9 Å². The van der Waals surface area contributed by atoms with Crippen LogP contribution in [-0.2, 0) is 33.2 Å². The summed E-state index contributed by atoms with van der Waals surface area (Å²) in [7, 11) is 0. The third kappa shape index (κ3) is 12.0. The number of nitro groups is 2. The number of carbonyl (C=O) groups is 1. The minimum atomic E-state index is -0.978. The number of nitrogens with zero attached hydrogens (tertiary/aromatic N) is 2. The van der Waals surface area contributed by atoms with Gasteiger partial charge in [0.05, 0.1) is 86.5 Å². The van der Waals surface area contributed by atoms with Crippen molar-refractivity contribution in [1.29, 1.82) is 0 Å². The highest BCUT2D eigenvalue weighted by atomic mass is 16.6. The Kier molecular flexibility index (Phi) is 15.8. The Bertz CT molecular complexity index is 1510. The molecule has 0 aromatic heterocycles. The van der Waals surface area contributed by atoms with Crippen molar-refractivity contribution in [2.75, 3.05) is 66.1 Å². The van der Waals surface area contributed by atoms with E-state index < -0.39 is 51.6 Å². The van der Waals surface area contributed by atoms with Crippen LogP contribution in [0.4, 0.5) is 11.4 Å². The zero-order chi connectivity index (χ0) is 35.7. The van der Waals surface area contributed by atoms with Crippen LogP contribution in [0.5, 0.6) is 5.75 Å². The number of carbonyl (C=O) groups excluding carboxylic acids is 1. The van der Waals surface area contributed by atoms with E-state index in [9.17, 15) is 25.0 Å². The summed E-state index contributed by atoms with van der Waals surface area (Å²) in [4.78, 5) is 34.8. The van der Waals surface area contributed by atoms with Crippen LogP contribution < -0.4 is 4.74 Å². The van der Waals surface area contributed by atoms with Crippen molar-refractivity contribution in [2.45, 2.75) is 51.1 Å². The zero-order valence-electron chi connectivity index (χ0n) is 28.3. The fraction of sp³-hybridized carbons (Fsp3) is 0.514. The molecular formula is C35H44N2O13. The summed E-state index contributed by atoms with van der Waals surface area (Å²) in [5.74, 6) is -0.449. The van der Waals surface area contributed by atoms with Gasteiger partial charge in [-0.3, -0.25) is 20.2 Å². The minimum absolute atomic E-state index is 0.135. The maximum Gasteiger partial charge on any atom is 0.339 e. The molecule has 0 radical (unpaired) electrons. The molecule has 15 heteroatoms. The van der Waals surface area contributed by atoms with Crippen molar-refractivity contribution in [1.82, 2.24) is 0 Å². The summed E-state index contributed by atoms with van der Waals surface area (Å²) < 4.78 is 46.7. The van der Waals surface area contributed by atoms with Crippen LogP contribution in [0.1, 0.15) is 37.0 Å². The standard InChI is InChI=1S/C35H44N2O13/c1-3-43-11-13-45-15-17-47-31-23-33(49-30-10-9-25-7-5-6-8-26(25)21-30)34(24-32(31)48-18-16-46-14-12-44-4-2)50-35(38)27-19-28(36(39)40)22-29(20-27)37(41)42/h5-10,19-22,31-34H,3-4,11-18,23-24H2,1-2H3. The van der Waals surface area contributed by atoms with E-state index in [0.717, 1.165) is 29.0 Å². The largest absolute Gasteiger partial charge is 0.486 e. The van der Waals surface area contributed by atoms with Gasteiger partial charge in [-0.1, -0.05) is 30.3 Å². The second-order valence-corrected chi connectivity index (χ2v) is 11.3. The summed E-state index contributed by atoms with van der Waals surface area (Å²) in [5.41, 5.74) is -1.56. The highest BCUT2D eigenvalue weighted by Gasteiger charge is 2.42. The number of esters is 1. The molecule has 3 aromatic rings. The van der Waals surface area contributed by atoms with Crippen molar-refractivity contribution in [3.05, 3.63) is 86.5 Å². The molecule has 1 fully saturated rings. The number of hydrogen-bond donors (Lipinski definition) is 0. The van der Waals surface area contributed by atoms with Crippen LogP contribution in [-0.4, -0.2) is 106 Å². The van der Waals surface area contributed by atoms with E-state index in [-0.39, 0.29) is 38.2 Å². The van der Waals surface area contributed by atoms with Gasteiger partial charge >= 0.3 is 5.97 Å². The van der Waals surface area contributed by atoms with Gasteiger partial charge in [-0.2, -0.15) is 0 Å². The lowest BCUT2D eigenvalue weighted by Gasteiger charge is -2.40. The van der Waals surface area contributed by atoms with Crippen LogP contribution in [0, 0.1) is 20.2 Å². The Balaban J connectivity index is 1.55. The number of non-ortho nitro benzene ring substituents is 2. The van der Waals surface area contributed by atoms with Gasteiger partial charge in [0.25, 0.3) is 11.4 Å². The van der Waals surface area contributed by atoms with E-state index in [0.29, 0.717) is 52.0 Å². The fourth-order valence-corrected chi connectivity index (χ4v) is 5.45. The smallest absolute Gasteiger partial charge is 0.339 e. The molecule has 0 bridgehead atoms. The minimum Gasteiger partial charge on any atom is -0.486 e. The van der Waals surface area contributed by atoms with Crippen molar-refractivity contribution in [3.8, 4) is 5.75 Å². The quantitative estimate of drug-likeness (QED) is 0.0571. The average Bonchev–Trinajstić information content (AvgIpc) is 3.11. The molecule has 0 spiro atoms. The molecule has 0 N–H and O–H groups in total. The third-order valence-corrected chi connectivity index (χ3v) is 7.86. The Morgan fingerprint density at radius 3 is 1.72 bits per heavy atom. The summed E-state index contributed by atoms with van der Waals surface area (Å²) in [6.45, 7) is 7.81. The average molecular weight is 701 g/mol. The van der Waals surface area contributed by atoms with Gasteiger partial charge in [0, 0.05) is 38.2 Å². The Morgan fingerprint density at radius 1 is 0.640 bits per heavy atom. The molecule has 15 nitrogen and oxygen atoms in total. The summed E-state index contributed by atoms with van der Waals surface area (Å²) in [5, 5.41) is 24.9. The van der Waals surface area contributed by atoms with Gasteiger partial charge in [-0.15, -0.1) is 0 Å². The van der Waals surface area contributed by atoms with Crippen LogP contribution in [0.15, 0.2) is 60.7 Å². The Morgan fingerprint density at radius 2 is 1.16 bits per heavy atom. The van der Waals surface area contributed by atoms with Crippen LogP contribution in [0.2, 0.25) is 0 Å². The van der Waals surface area contributed by atoms with Crippen molar-refractivity contribution in [3.63, 3.8) is 0 Å². The van der Waals surface area contributed by atoms with Crippen molar-refractivity contribution < 1.29 is 52.5 Å². The van der Waals surface area contributed by atoms with E-state index >= 15 is 0 Å². The third-order valence-electron chi connectivity index (χ3n) is 7.86. The lowest BCUT2D eigenvalue weighted by Crippen LogP contribution is -2.51. The van der Waals surface area contributed by atoms with Crippen molar-refractivity contribution >= 4 is 28.1 Å². The molecule has 4 rings (SSSR count). The maximum absolute atomic E-state index is 13.5. The molecular weight excluding hydrogens is 656 g/mol. The van der Waals surface area contributed by atoms with Gasteiger partial charge in [0.1, 0.15) is 18.0 Å². The van der Waals surface area contributed by atoms with Gasteiger partial charge in [0.2, 0.25) is 0 Å². The first-order valence-corrected chi connectivity index (χ1v) is 16.6. The molecule has 1 aliphatic carbocycles. The van der Waals surface area contributed by atoms with Crippen LogP contribution >= 0.6 is 0 Å². The fourth-order valence-electron chi connectivity index (χ4n) is 5.45. The number of fused-ring (bicyclic) bond motifs is 1. The molecule has 0 saturated heterocycles. The molecule has 1 saturated carbocycles. The summed E-state index contributed by atoms with van der Waals surface area (Å²) >= 11 is 0. The van der Waals surface area contributed by atoms with E-state index in [1.54, 1.807) is 0 Å². The first-order chi connectivity index (χ1) is 24.3. The first kappa shape index (κ1) is 38.6. The van der Waals surface area contributed by atoms with E-state index in [1.807, 2.05) is 56.3 Å². The molecule has 4 unspecified atom stereocenters. The molecule has 3 aromatic carbocycles. The van der Waals surface area contributed by atoms with Crippen LogP contribution in [0.3, 0.4) is 0 Å². The SMILES string of the molecule is CCOCCOCCOC1CC(OC(=O)c2cc([N+](=O)[O-])cc([N+](=O)[O-])c2)C(Oc2ccc3ccccc3c2)CC1OCCOCCOCC.